The Morgan fingerprint density at radius 1 is 1.17 bits per heavy atom. The summed E-state index contributed by atoms with van der Waals surface area (Å²) in [6, 6.07) is 10.4. The molecule has 1 aliphatic rings. The lowest BCUT2D eigenvalue weighted by molar-refractivity contribution is 0.231. The minimum atomic E-state index is 0.977. The van der Waals surface area contributed by atoms with Crippen molar-refractivity contribution in [3.8, 4) is 10.6 Å². The van der Waals surface area contributed by atoms with E-state index in [1.807, 2.05) is 6.07 Å². The first kappa shape index (κ1) is 11.8. The Hall–Kier alpha value is -1.23. The minimum Gasteiger partial charge on any atom is -0.314 e. The number of piperazine rings is 1. The number of thiazole rings is 1. The van der Waals surface area contributed by atoms with E-state index in [1.165, 1.54) is 11.3 Å². The average molecular weight is 259 g/mol. The lowest BCUT2D eigenvalue weighted by atomic mass is 10.2. The van der Waals surface area contributed by atoms with Gasteiger partial charge in [0, 0.05) is 43.7 Å². The molecule has 0 amide bonds. The third-order valence-corrected chi connectivity index (χ3v) is 4.11. The van der Waals surface area contributed by atoms with Crippen LogP contribution in [0.4, 0.5) is 0 Å². The van der Waals surface area contributed by atoms with Crippen LogP contribution in [0.2, 0.25) is 0 Å². The number of hydrogen-bond acceptors (Lipinski definition) is 4. The van der Waals surface area contributed by atoms with E-state index in [0.29, 0.717) is 0 Å². The molecule has 0 bridgehead atoms. The van der Waals surface area contributed by atoms with E-state index in [2.05, 4.69) is 39.9 Å². The molecule has 1 aromatic carbocycles. The van der Waals surface area contributed by atoms with Crippen molar-refractivity contribution in [3.63, 3.8) is 0 Å². The molecule has 0 spiro atoms. The van der Waals surface area contributed by atoms with Crippen LogP contribution >= 0.6 is 11.3 Å². The molecule has 0 unspecified atom stereocenters. The van der Waals surface area contributed by atoms with Crippen molar-refractivity contribution in [1.29, 1.82) is 0 Å². The van der Waals surface area contributed by atoms with Gasteiger partial charge in [0.05, 0.1) is 5.69 Å². The Bertz CT molecular complexity index is 489. The van der Waals surface area contributed by atoms with Gasteiger partial charge in [0.1, 0.15) is 5.01 Å². The highest BCUT2D eigenvalue weighted by molar-refractivity contribution is 7.13. The molecule has 3 nitrogen and oxygen atoms in total. The number of rotatable bonds is 3. The van der Waals surface area contributed by atoms with Gasteiger partial charge in [-0.25, -0.2) is 4.98 Å². The summed E-state index contributed by atoms with van der Waals surface area (Å²) < 4.78 is 0. The van der Waals surface area contributed by atoms with Gasteiger partial charge in [-0.1, -0.05) is 30.3 Å². The fourth-order valence-corrected chi connectivity index (χ4v) is 3.01. The van der Waals surface area contributed by atoms with Crippen LogP contribution in [-0.2, 0) is 6.54 Å². The molecule has 1 aromatic heterocycles. The van der Waals surface area contributed by atoms with E-state index in [4.69, 9.17) is 4.98 Å². The van der Waals surface area contributed by atoms with E-state index in [-0.39, 0.29) is 0 Å². The average Bonchev–Trinajstić information content (AvgIpc) is 2.89. The van der Waals surface area contributed by atoms with Crippen molar-refractivity contribution >= 4 is 11.3 Å². The second-order valence-electron chi connectivity index (χ2n) is 4.54. The van der Waals surface area contributed by atoms with Crippen LogP contribution in [0.3, 0.4) is 0 Å². The first-order chi connectivity index (χ1) is 8.92. The molecule has 2 aromatic rings. The quantitative estimate of drug-likeness (QED) is 0.916. The second kappa shape index (κ2) is 5.61. The molecule has 0 radical (unpaired) electrons. The first-order valence-electron chi connectivity index (χ1n) is 6.35. The highest BCUT2D eigenvalue weighted by Gasteiger charge is 2.12. The zero-order valence-corrected chi connectivity index (χ0v) is 11.1. The van der Waals surface area contributed by atoms with Gasteiger partial charge in [0.2, 0.25) is 0 Å². The number of aromatic nitrogens is 1. The summed E-state index contributed by atoms with van der Waals surface area (Å²) in [5.41, 5.74) is 2.41. The maximum Gasteiger partial charge on any atom is 0.123 e. The van der Waals surface area contributed by atoms with Crippen molar-refractivity contribution in [1.82, 2.24) is 15.2 Å². The molecule has 0 aliphatic carbocycles. The fourth-order valence-electron chi connectivity index (χ4n) is 2.19. The largest absolute Gasteiger partial charge is 0.314 e. The van der Waals surface area contributed by atoms with E-state index >= 15 is 0 Å². The van der Waals surface area contributed by atoms with Gasteiger partial charge >= 0.3 is 0 Å². The summed E-state index contributed by atoms with van der Waals surface area (Å²) in [5.74, 6) is 0. The Morgan fingerprint density at radius 3 is 2.72 bits per heavy atom. The van der Waals surface area contributed by atoms with Crippen molar-refractivity contribution < 1.29 is 0 Å². The number of benzene rings is 1. The SMILES string of the molecule is c1ccc(-c2nc(CN3CCNCC3)cs2)cc1. The summed E-state index contributed by atoms with van der Waals surface area (Å²) >= 11 is 1.74. The molecule has 1 saturated heterocycles. The maximum absolute atomic E-state index is 4.73. The third-order valence-electron chi connectivity index (χ3n) is 3.17. The van der Waals surface area contributed by atoms with Crippen LogP contribution in [0.5, 0.6) is 0 Å². The van der Waals surface area contributed by atoms with E-state index in [9.17, 15) is 0 Å². The number of hydrogen-bond donors (Lipinski definition) is 1. The monoisotopic (exact) mass is 259 g/mol. The molecule has 0 atom stereocenters. The molecule has 1 N–H and O–H groups in total. The molecule has 18 heavy (non-hydrogen) atoms. The van der Waals surface area contributed by atoms with E-state index in [0.717, 1.165) is 37.7 Å². The lowest BCUT2D eigenvalue weighted by Crippen LogP contribution is -2.42. The van der Waals surface area contributed by atoms with Crippen LogP contribution in [0.15, 0.2) is 35.7 Å². The molecule has 1 fully saturated rings. The minimum absolute atomic E-state index is 0.977. The standard InChI is InChI=1S/C14H17N3S/c1-2-4-12(5-3-1)14-16-13(11-18-14)10-17-8-6-15-7-9-17/h1-5,11,15H,6-10H2. The normalized spacial score (nSPS) is 16.9. The van der Waals surface area contributed by atoms with E-state index in [1.54, 1.807) is 11.3 Å². The number of nitrogens with zero attached hydrogens (tertiary/aromatic N) is 2. The molecular formula is C14H17N3S. The summed E-state index contributed by atoms with van der Waals surface area (Å²) in [6.07, 6.45) is 0. The summed E-state index contributed by atoms with van der Waals surface area (Å²) in [6.45, 7) is 5.41. The van der Waals surface area contributed by atoms with Crippen LogP contribution in [-0.4, -0.2) is 36.1 Å². The predicted molar refractivity (Wildman–Crippen MR) is 75.7 cm³/mol. The number of nitrogens with one attached hydrogen (secondary N) is 1. The third kappa shape index (κ3) is 2.77. The zero-order chi connectivity index (χ0) is 12.2. The topological polar surface area (TPSA) is 28.2 Å². The molecule has 94 valence electrons. The molecule has 3 rings (SSSR count). The van der Waals surface area contributed by atoms with Gasteiger partial charge in [-0.2, -0.15) is 0 Å². The molecule has 1 aliphatic heterocycles. The van der Waals surface area contributed by atoms with Crippen molar-refractivity contribution in [3.05, 3.63) is 41.4 Å². The Balaban J connectivity index is 1.69. The highest BCUT2D eigenvalue weighted by atomic mass is 32.1. The molecular weight excluding hydrogens is 242 g/mol. The smallest absolute Gasteiger partial charge is 0.123 e. The maximum atomic E-state index is 4.73. The van der Waals surface area contributed by atoms with Gasteiger partial charge in [-0.05, 0) is 0 Å². The van der Waals surface area contributed by atoms with Gasteiger partial charge in [-0.15, -0.1) is 11.3 Å². The van der Waals surface area contributed by atoms with Crippen LogP contribution in [0.25, 0.3) is 10.6 Å². The van der Waals surface area contributed by atoms with Gasteiger partial charge in [-0.3, -0.25) is 4.90 Å². The molecule has 2 heterocycles. The van der Waals surface area contributed by atoms with Crippen molar-refractivity contribution in [2.24, 2.45) is 0 Å². The van der Waals surface area contributed by atoms with Crippen LogP contribution in [0, 0.1) is 0 Å². The zero-order valence-electron chi connectivity index (χ0n) is 10.3. The van der Waals surface area contributed by atoms with Crippen LogP contribution in [0.1, 0.15) is 5.69 Å². The van der Waals surface area contributed by atoms with Gasteiger partial charge in [0.25, 0.3) is 0 Å². The Labute approximate surface area is 111 Å². The first-order valence-corrected chi connectivity index (χ1v) is 7.23. The van der Waals surface area contributed by atoms with Crippen molar-refractivity contribution in [2.75, 3.05) is 26.2 Å². The van der Waals surface area contributed by atoms with Crippen molar-refractivity contribution in [2.45, 2.75) is 6.54 Å². The van der Waals surface area contributed by atoms with E-state index < -0.39 is 0 Å². The van der Waals surface area contributed by atoms with Gasteiger partial charge < -0.3 is 5.32 Å². The van der Waals surface area contributed by atoms with Crippen LogP contribution < -0.4 is 5.32 Å². The fraction of sp³-hybridized carbons (Fsp3) is 0.357. The Morgan fingerprint density at radius 2 is 1.94 bits per heavy atom. The lowest BCUT2D eigenvalue weighted by Gasteiger charge is -2.26. The summed E-state index contributed by atoms with van der Waals surface area (Å²) in [4.78, 5) is 7.19. The molecule has 0 saturated carbocycles. The molecule has 4 heteroatoms. The second-order valence-corrected chi connectivity index (χ2v) is 5.39. The Kier molecular flexibility index (Phi) is 3.69. The summed E-state index contributed by atoms with van der Waals surface area (Å²) in [7, 11) is 0. The predicted octanol–water partition coefficient (Wildman–Crippen LogP) is 2.22. The summed E-state index contributed by atoms with van der Waals surface area (Å²) in [5, 5.41) is 6.68. The van der Waals surface area contributed by atoms with Gasteiger partial charge in [0.15, 0.2) is 0 Å². The highest BCUT2D eigenvalue weighted by Crippen LogP contribution is 2.23.